The summed E-state index contributed by atoms with van der Waals surface area (Å²) in [5, 5.41) is 3.37. The lowest BCUT2D eigenvalue weighted by atomic mass is 10.2. The first-order valence-electron chi connectivity index (χ1n) is 9.86. The molecule has 28 heavy (non-hydrogen) atoms. The zero-order valence-electron chi connectivity index (χ0n) is 16.7. The van der Waals surface area contributed by atoms with Gasteiger partial charge in [0.15, 0.2) is 0 Å². The van der Waals surface area contributed by atoms with Gasteiger partial charge in [0.1, 0.15) is 19.1 Å². The number of carbonyl (C=O) groups excluding carboxylic acids is 1. The molecule has 1 aromatic carbocycles. The molecule has 8 nitrogen and oxygen atoms in total. The molecule has 1 saturated heterocycles. The molecule has 3 rings (SSSR count). The third-order valence-electron chi connectivity index (χ3n) is 5.29. The zero-order chi connectivity index (χ0) is 20.3. The number of quaternary nitrogens is 1. The number of amides is 1. The van der Waals surface area contributed by atoms with E-state index in [1.165, 1.54) is 14.0 Å². The van der Waals surface area contributed by atoms with Crippen LogP contribution in [-0.4, -0.2) is 54.4 Å². The van der Waals surface area contributed by atoms with E-state index in [1.807, 2.05) is 0 Å². The Balaban J connectivity index is 1.86. The van der Waals surface area contributed by atoms with Gasteiger partial charge < -0.3 is 15.0 Å². The van der Waals surface area contributed by atoms with Crippen LogP contribution in [0.5, 0.6) is 0 Å². The molecule has 2 heterocycles. The van der Waals surface area contributed by atoms with Gasteiger partial charge in [-0.3, -0.25) is 18.7 Å². The van der Waals surface area contributed by atoms with Crippen molar-refractivity contribution in [1.82, 2.24) is 14.5 Å². The summed E-state index contributed by atoms with van der Waals surface area (Å²) in [6, 6.07) is 5.92. The molecule has 0 radical (unpaired) electrons. The Hall–Kier alpha value is -2.45. The fraction of sp³-hybridized carbons (Fsp3) is 0.550. The summed E-state index contributed by atoms with van der Waals surface area (Å²) in [5.74, 6) is -0.228. The van der Waals surface area contributed by atoms with E-state index < -0.39 is 11.7 Å². The van der Waals surface area contributed by atoms with Crippen LogP contribution in [0.4, 0.5) is 0 Å². The van der Waals surface area contributed by atoms with Crippen LogP contribution in [-0.2, 0) is 9.53 Å². The highest BCUT2D eigenvalue weighted by molar-refractivity contribution is 5.84. The van der Waals surface area contributed by atoms with Gasteiger partial charge in [-0.15, -0.1) is 0 Å². The van der Waals surface area contributed by atoms with Crippen molar-refractivity contribution in [2.75, 3.05) is 39.4 Å². The molecule has 1 atom stereocenters. The molecule has 0 bridgehead atoms. The number of carbonyl (C=O) groups is 1. The summed E-state index contributed by atoms with van der Waals surface area (Å²) < 4.78 is 7.98. The molecule has 0 saturated carbocycles. The van der Waals surface area contributed by atoms with Crippen molar-refractivity contribution in [2.45, 2.75) is 32.9 Å². The minimum Gasteiger partial charge on any atom is -0.370 e. The van der Waals surface area contributed by atoms with E-state index in [1.54, 1.807) is 45.0 Å². The van der Waals surface area contributed by atoms with Crippen LogP contribution >= 0.6 is 0 Å². The highest BCUT2D eigenvalue weighted by atomic mass is 16.5. The summed E-state index contributed by atoms with van der Waals surface area (Å²) >= 11 is 0. The maximum Gasteiger partial charge on any atom is 0.332 e. The molecule has 0 unspecified atom stereocenters. The molecule has 0 spiro atoms. The van der Waals surface area contributed by atoms with E-state index in [2.05, 4.69) is 5.32 Å². The second kappa shape index (κ2) is 8.70. The maximum absolute atomic E-state index is 13.0. The Labute approximate surface area is 163 Å². The number of nitrogens with zero attached hydrogens (tertiary/aromatic N) is 2. The molecule has 1 aromatic heterocycles. The quantitative estimate of drug-likeness (QED) is 0.687. The van der Waals surface area contributed by atoms with Gasteiger partial charge in [-0.2, -0.15) is 0 Å². The normalized spacial score (nSPS) is 16.4. The summed E-state index contributed by atoms with van der Waals surface area (Å²) in [6.45, 7) is 10.0. The van der Waals surface area contributed by atoms with E-state index in [9.17, 15) is 14.4 Å². The molecule has 2 aromatic rings. The minimum absolute atomic E-state index is 0.228. The van der Waals surface area contributed by atoms with Crippen LogP contribution in [0.2, 0.25) is 0 Å². The topological polar surface area (TPSA) is 86.8 Å². The fourth-order valence-corrected chi connectivity index (χ4v) is 3.67. The lowest BCUT2D eigenvalue weighted by Gasteiger charge is -2.24. The van der Waals surface area contributed by atoms with Gasteiger partial charge in [-0.25, -0.2) is 4.79 Å². The molecule has 8 heteroatoms. The Kier molecular flexibility index (Phi) is 6.31. The highest BCUT2D eigenvalue weighted by Gasteiger charge is 2.23. The van der Waals surface area contributed by atoms with E-state index in [0.717, 1.165) is 32.8 Å². The van der Waals surface area contributed by atoms with Crippen molar-refractivity contribution in [3.05, 3.63) is 45.1 Å². The molecule has 152 valence electrons. The molecule has 0 aliphatic carbocycles. The molecule has 1 aliphatic heterocycles. The number of hydrogen-bond donors (Lipinski definition) is 2. The van der Waals surface area contributed by atoms with Crippen LogP contribution in [0.25, 0.3) is 10.9 Å². The first kappa shape index (κ1) is 20.3. The number of aromatic nitrogens is 2. The smallest absolute Gasteiger partial charge is 0.332 e. The van der Waals surface area contributed by atoms with Crippen molar-refractivity contribution < 1.29 is 14.4 Å². The number of rotatable bonds is 6. The second-order valence-electron chi connectivity index (χ2n) is 7.52. The monoisotopic (exact) mass is 389 g/mol. The highest BCUT2D eigenvalue weighted by Crippen LogP contribution is 2.14. The molecule has 2 N–H and O–H groups in total. The standard InChI is InChI=1S/C20H28N4O4/c1-14(2)23-19(26)16-6-4-5-7-17(16)24(20(23)27)15(3)18(25)21-8-9-22-10-12-28-13-11-22/h4-7,14-15H,8-13H2,1-3H3,(H,21,25)/p+1/t15-/m1/s1. The van der Waals surface area contributed by atoms with Crippen LogP contribution in [0.1, 0.15) is 32.9 Å². The van der Waals surface area contributed by atoms with E-state index >= 15 is 0 Å². The number of ether oxygens (including phenoxy) is 1. The van der Waals surface area contributed by atoms with Gasteiger partial charge in [0.05, 0.1) is 37.2 Å². The van der Waals surface area contributed by atoms with Gasteiger partial charge in [0.2, 0.25) is 5.91 Å². The average molecular weight is 389 g/mol. The SMILES string of the molecule is CC(C)n1c(=O)c2ccccc2n([C@H](C)C(=O)NCC[NH+]2CCOCC2)c1=O. The summed E-state index contributed by atoms with van der Waals surface area (Å²) in [4.78, 5) is 39.9. The van der Waals surface area contributed by atoms with Crippen molar-refractivity contribution >= 4 is 16.8 Å². The van der Waals surface area contributed by atoms with E-state index in [4.69, 9.17) is 4.74 Å². The number of fused-ring (bicyclic) bond motifs is 1. The minimum atomic E-state index is -0.720. The largest absolute Gasteiger partial charge is 0.370 e. The number of hydrogen-bond acceptors (Lipinski definition) is 4. The summed E-state index contributed by atoms with van der Waals surface area (Å²) in [7, 11) is 0. The van der Waals surface area contributed by atoms with Crippen molar-refractivity contribution in [3.63, 3.8) is 0 Å². The third-order valence-corrected chi connectivity index (χ3v) is 5.29. The lowest BCUT2D eigenvalue weighted by molar-refractivity contribution is -0.906. The molecular formula is C20H29N4O4+. The van der Waals surface area contributed by atoms with Gasteiger partial charge in [0, 0.05) is 6.04 Å². The zero-order valence-corrected chi connectivity index (χ0v) is 16.7. The van der Waals surface area contributed by atoms with Gasteiger partial charge in [-0.05, 0) is 32.9 Å². The summed E-state index contributed by atoms with van der Waals surface area (Å²) in [6.07, 6.45) is 0. The summed E-state index contributed by atoms with van der Waals surface area (Å²) in [5.41, 5.74) is -0.300. The Morgan fingerprint density at radius 3 is 2.50 bits per heavy atom. The van der Waals surface area contributed by atoms with Crippen LogP contribution in [0.15, 0.2) is 33.9 Å². The van der Waals surface area contributed by atoms with E-state index in [0.29, 0.717) is 17.4 Å². The van der Waals surface area contributed by atoms with E-state index in [-0.39, 0.29) is 17.5 Å². The number of benzene rings is 1. The maximum atomic E-state index is 13.0. The Morgan fingerprint density at radius 2 is 1.82 bits per heavy atom. The van der Waals surface area contributed by atoms with Crippen molar-refractivity contribution in [1.29, 1.82) is 0 Å². The molecule has 1 amide bonds. The van der Waals surface area contributed by atoms with Crippen LogP contribution in [0, 0.1) is 0 Å². The van der Waals surface area contributed by atoms with Gasteiger partial charge >= 0.3 is 5.69 Å². The predicted octanol–water partition coefficient (Wildman–Crippen LogP) is -0.664. The molecule has 1 fully saturated rings. The van der Waals surface area contributed by atoms with Crippen molar-refractivity contribution in [2.24, 2.45) is 0 Å². The van der Waals surface area contributed by atoms with Crippen LogP contribution < -0.4 is 21.5 Å². The van der Waals surface area contributed by atoms with Crippen molar-refractivity contribution in [3.8, 4) is 0 Å². The molecule has 1 aliphatic rings. The Bertz CT molecular complexity index is 957. The Morgan fingerprint density at radius 1 is 1.14 bits per heavy atom. The van der Waals surface area contributed by atoms with Crippen LogP contribution in [0.3, 0.4) is 0 Å². The first-order valence-corrected chi connectivity index (χ1v) is 9.86. The van der Waals surface area contributed by atoms with Gasteiger partial charge in [0.25, 0.3) is 5.56 Å². The first-order chi connectivity index (χ1) is 13.4. The predicted molar refractivity (Wildman–Crippen MR) is 107 cm³/mol. The number of nitrogens with one attached hydrogen (secondary N) is 2. The number of para-hydroxylation sites is 1. The second-order valence-corrected chi connectivity index (χ2v) is 7.52. The average Bonchev–Trinajstić information content (AvgIpc) is 2.68. The fourth-order valence-electron chi connectivity index (χ4n) is 3.67. The molecular weight excluding hydrogens is 360 g/mol. The third kappa shape index (κ3) is 4.02. The van der Waals surface area contributed by atoms with Gasteiger partial charge in [-0.1, -0.05) is 12.1 Å². The lowest BCUT2D eigenvalue weighted by Crippen LogP contribution is -3.14. The number of morpholine rings is 1.